The lowest BCUT2D eigenvalue weighted by molar-refractivity contribution is 0.124. The fourth-order valence-electron chi connectivity index (χ4n) is 3.73. The number of urea groups is 1. The fraction of sp³-hybridized carbons (Fsp3) is 0.632. The van der Waals surface area contributed by atoms with Crippen LogP contribution in [-0.4, -0.2) is 48.6 Å². The van der Waals surface area contributed by atoms with E-state index >= 15 is 0 Å². The largest absolute Gasteiger partial charge is 0.324 e. The number of hydrogen-bond donors (Lipinski definition) is 1. The fourth-order valence-corrected chi connectivity index (χ4v) is 3.73. The maximum absolute atomic E-state index is 12.4. The number of nitrogens with zero attached hydrogens (tertiary/aromatic N) is 2. The van der Waals surface area contributed by atoms with Gasteiger partial charge in [0.15, 0.2) is 0 Å². The van der Waals surface area contributed by atoms with Crippen molar-refractivity contribution >= 4 is 11.7 Å². The van der Waals surface area contributed by atoms with Gasteiger partial charge in [0.1, 0.15) is 0 Å². The normalized spacial score (nSPS) is 23.7. The standard InChI is InChI=1S/C19H29N3O/c1-16-9-12-21(13-10-16)14-17-6-5-11-22(15-17)19(23)20-18-7-3-2-4-8-18/h2-4,7-8,16-17H,5-6,9-15H2,1H3,(H,20,23)/t17-/m0/s1. The van der Waals surface area contributed by atoms with Crippen LogP contribution >= 0.6 is 0 Å². The second-order valence-corrected chi connectivity index (χ2v) is 7.23. The van der Waals surface area contributed by atoms with E-state index in [0.717, 1.165) is 37.7 Å². The summed E-state index contributed by atoms with van der Waals surface area (Å²) < 4.78 is 0. The van der Waals surface area contributed by atoms with Crippen LogP contribution in [0.5, 0.6) is 0 Å². The van der Waals surface area contributed by atoms with Crippen molar-refractivity contribution in [2.75, 3.05) is 38.0 Å². The van der Waals surface area contributed by atoms with Crippen molar-refractivity contribution in [3.05, 3.63) is 30.3 Å². The summed E-state index contributed by atoms with van der Waals surface area (Å²) >= 11 is 0. The number of hydrogen-bond acceptors (Lipinski definition) is 2. The van der Waals surface area contributed by atoms with E-state index < -0.39 is 0 Å². The molecule has 1 atom stereocenters. The van der Waals surface area contributed by atoms with Crippen molar-refractivity contribution in [3.63, 3.8) is 0 Å². The molecule has 0 bridgehead atoms. The van der Waals surface area contributed by atoms with Gasteiger partial charge in [-0.05, 0) is 62.7 Å². The molecule has 3 rings (SSSR count). The molecule has 0 unspecified atom stereocenters. The third kappa shape index (κ3) is 4.71. The first-order valence-corrected chi connectivity index (χ1v) is 9.04. The number of amides is 2. The van der Waals surface area contributed by atoms with Crippen LogP contribution in [0.25, 0.3) is 0 Å². The zero-order valence-corrected chi connectivity index (χ0v) is 14.2. The Hall–Kier alpha value is -1.55. The maximum Gasteiger partial charge on any atom is 0.321 e. The second-order valence-electron chi connectivity index (χ2n) is 7.23. The molecule has 23 heavy (non-hydrogen) atoms. The monoisotopic (exact) mass is 315 g/mol. The van der Waals surface area contributed by atoms with E-state index in [0.29, 0.717) is 5.92 Å². The molecule has 2 amide bonds. The minimum atomic E-state index is 0.0492. The maximum atomic E-state index is 12.4. The van der Waals surface area contributed by atoms with E-state index in [9.17, 15) is 4.79 Å². The predicted octanol–water partition coefficient (Wildman–Crippen LogP) is 3.66. The van der Waals surface area contributed by atoms with Gasteiger partial charge >= 0.3 is 6.03 Å². The van der Waals surface area contributed by atoms with Crippen molar-refractivity contribution in [2.24, 2.45) is 11.8 Å². The van der Waals surface area contributed by atoms with Crippen molar-refractivity contribution in [1.82, 2.24) is 9.80 Å². The molecule has 0 spiro atoms. The van der Waals surface area contributed by atoms with Gasteiger partial charge in [-0.15, -0.1) is 0 Å². The van der Waals surface area contributed by atoms with Crippen LogP contribution in [0, 0.1) is 11.8 Å². The smallest absolute Gasteiger partial charge is 0.321 e. The summed E-state index contributed by atoms with van der Waals surface area (Å²) in [6, 6.07) is 9.79. The van der Waals surface area contributed by atoms with Gasteiger partial charge in [0.25, 0.3) is 0 Å². The van der Waals surface area contributed by atoms with Gasteiger partial charge in [0, 0.05) is 25.3 Å². The molecule has 1 aromatic rings. The SMILES string of the molecule is CC1CCN(C[C@@H]2CCCN(C(=O)Nc3ccccc3)C2)CC1. The number of anilines is 1. The number of para-hydroxylation sites is 1. The van der Waals surface area contributed by atoms with Gasteiger partial charge < -0.3 is 15.1 Å². The Labute approximate surface area is 139 Å². The van der Waals surface area contributed by atoms with Crippen LogP contribution in [0.4, 0.5) is 10.5 Å². The molecular formula is C19H29N3O. The molecule has 2 heterocycles. The molecule has 2 aliphatic rings. The average molecular weight is 315 g/mol. The lowest BCUT2D eigenvalue weighted by Crippen LogP contribution is -2.46. The molecule has 4 nitrogen and oxygen atoms in total. The minimum absolute atomic E-state index is 0.0492. The molecule has 0 aliphatic carbocycles. The van der Waals surface area contributed by atoms with Crippen LogP contribution in [0.3, 0.4) is 0 Å². The highest BCUT2D eigenvalue weighted by molar-refractivity contribution is 5.89. The van der Waals surface area contributed by atoms with Crippen molar-refractivity contribution in [1.29, 1.82) is 0 Å². The van der Waals surface area contributed by atoms with Gasteiger partial charge in [-0.2, -0.15) is 0 Å². The predicted molar refractivity (Wildman–Crippen MR) is 94.6 cm³/mol. The molecule has 2 fully saturated rings. The van der Waals surface area contributed by atoms with Crippen molar-refractivity contribution in [3.8, 4) is 0 Å². The Balaban J connectivity index is 1.48. The summed E-state index contributed by atoms with van der Waals surface area (Å²) in [5, 5.41) is 3.01. The Morgan fingerprint density at radius 3 is 2.61 bits per heavy atom. The molecule has 126 valence electrons. The van der Waals surface area contributed by atoms with Gasteiger partial charge in [-0.25, -0.2) is 4.79 Å². The summed E-state index contributed by atoms with van der Waals surface area (Å²) in [5.74, 6) is 1.50. The molecular weight excluding hydrogens is 286 g/mol. The second kappa shape index (κ2) is 7.82. The van der Waals surface area contributed by atoms with Crippen LogP contribution < -0.4 is 5.32 Å². The van der Waals surface area contributed by atoms with E-state index in [1.54, 1.807) is 0 Å². The van der Waals surface area contributed by atoms with E-state index in [4.69, 9.17) is 0 Å². The molecule has 2 saturated heterocycles. The molecule has 2 aliphatic heterocycles. The van der Waals surface area contributed by atoms with Crippen LogP contribution in [0.1, 0.15) is 32.6 Å². The van der Waals surface area contributed by atoms with E-state index in [1.165, 1.54) is 32.4 Å². The Bertz CT molecular complexity index is 497. The van der Waals surface area contributed by atoms with Crippen molar-refractivity contribution < 1.29 is 4.79 Å². The number of piperidine rings is 2. The lowest BCUT2D eigenvalue weighted by atomic mass is 9.94. The summed E-state index contributed by atoms with van der Waals surface area (Å²) in [5.41, 5.74) is 0.879. The Kier molecular flexibility index (Phi) is 5.55. The van der Waals surface area contributed by atoms with Gasteiger partial charge in [0.2, 0.25) is 0 Å². The highest BCUT2D eigenvalue weighted by atomic mass is 16.2. The van der Waals surface area contributed by atoms with Crippen LogP contribution in [-0.2, 0) is 0 Å². The minimum Gasteiger partial charge on any atom is -0.324 e. The van der Waals surface area contributed by atoms with Crippen molar-refractivity contribution in [2.45, 2.75) is 32.6 Å². The molecule has 0 saturated carbocycles. The Morgan fingerprint density at radius 2 is 1.87 bits per heavy atom. The first-order chi connectivity index (χ1) is 11.2. The average Bonchev–Trinajstić information content (AvgIpc) is 2.58. The molecule has 1 aromatic carbocycles. The highest BCUT2D eigenvalue weighted by Gasteiger charge is 2.26. The van der Waals surface area contributed by atoms with Gasteiger partial charge in [-0.3, -0.25) is 0 Å². The number of benzene rings is 1. The third-order valence-corrected chi connectivity index (χ3v) is 5.22. The number of nitrogens with one attached hydrogen (secondary N) is 1. The summed E-state index contributed by atoms with van der Waals surface area (Å²) in [6.45, 7) is 7.74. The zero-order valence-electron chi connectivity index (χ0n) is 14.2. The topological polar surface area (TPSA) is 35.6 Å². The summed E-state index contributed by atoms with van der Waals surface area (Å²) in [7, 11) is 0. The quantitative estimate of drug-likeness (QED) is 0.924. The number of rotatable bonds is 3. The third-order valence-electron chi connectivity index (χ3n) is 5.22. The van der Waals surface area contributed by atoms with E-state index in [1.807, 2.05) is 35.2 Å². The zero-order chi connectivity index (χ0) is 16.1. The molecule has 4 heteroatoms. The first-order valence-electron chi connectivity index (χ1n) is 9.04. The number of carbonyl (C=O) groups excluding carboxylic acids is 1. The lowest BCUT2D eigenvalue weighted by Gasteiger charge is -2.37. The van der Waals surface area contributed by atoms with E-state index in [2.05, 4.69) is 17.1 Å². The van der Waals surface area contributed by atoms with Gasteiger partial charge in [-0.1, -0.05) is 25.1 Å². The number of likely N-dealkylation sites (tertiary alicyclic amines) is 2. The van der Waals surface area contributed by atoms with Crippen LogP contribution in [0.2, 0.25) is 0 Å². The molecule has 1 N–H and O–H groups in total. The Morgan fingerprint density at radius 1 is 1.13 bits per heavy atom. The molecule has 0 aromatic heterocycles. The van der Waals surface area contributed by atoms with Gasteiger partial charge in [0.05, 0.1) is 0 Å². The summed E-state index contributed by atoms with van der Waals surface area (Å²) in [6.07, 6.45) is 5.02. The van der Waals surface area contributed by atoms with E-state index in [-0.39, 0.29) is 6.03 Å². The summed E-state index contributed by atoms with van der Waals surface area (Å²) in [4.78, 5) is 17.0. The number of carbonyl (C=O) groups is 1. The highest BCUT2D eigenvalue weighted by Crippen LogP contribution is 2.22. The van der Waals surface area contributed by atoms with Crippen LogP contribution in [0.15, 0.2) is 30.3 Å². The first kappa shape index (κ1) is 16.3. The molecule has 0 radical (unpaired) electrons.